The maximum atomic E-state index is 12.4. The summed E-state index contributed by atoms with van der Waals surface area (Å²) < 4.78 is 5.16. The number of hydrogen-bond donors (Lipinski definition) is 1. The van der Waals surface area contributed by atoms with Crippen molar-refractivity contribution in [3.63, 3.8) is 0 Å². The molecular formula is C23H25N3O2S. The van der Waals surface area contributed by atoms with Crippen LogP contribution in [0.1, 0.15) is 30.4 Å². The van der Waals surface area contributed by atoms with Crippen LogP contribution in [0.15, 0.2) is 52.4 Å². The number of carbonyl (C=O) groups is 1. The average molecular weight is 408 g/mol. The molecule has 1 N–H and O–H groups in total. The van der Waals surface area contributed by atoms with E-state index in [-0.39, 0.29) is 5.91 Å². The van der Waals surface area contributed by atoms with E-state index in [1.165, 1.54) is 42.3 Å². The van der Waals surface area contributed by atoms with Crippen molar-refractivity contribution in [2.75, 3.05) is 25.1 Å². The number of carbonyl (C=O) groups excluding carboxylic acids is 1. The van der Waals surface area contributed by atoms with Gasteiger partial charge in [-0.1, -0.05) is 6.07 Å². The normalized spacial score (nSPS) is 19.7. The van der Waals surface area contributed by atoms with Gasteiger partial charge in [-0.05, 0) is 91.5 Å². The SMILES string of the molecule is COc1ccc(N=C2NC(=O)/C(=C\c3ccc(N4CCCCC4)cc3C)S2)cc1. The molecule has 2 heterocycles. The summed E-state index contributed by atoms with van der Waals surface area (Å²) in [5.74, 6) is 0.669. The Balaban J connectivity index is 1.50. The lowest BCUT2D eigenvalue weighted by Crippen LogP contribution is -2.29. The van der Waals surface area contributed by atoms with E-state index in [9.17, 15) is 4.79 Å². The van der Waals surface area contributed by atoms with Crippen molar-refractivity contribution in [3.8, 4) is 5.75 Å². The Labute approximate surface area is 175 Å². The number of nitrogens with zero attached hydrogens (tertiary/aromatic N) is 2. The van der Waals surface area contributed by atoms with Crippen molar-refractivity contribution in [1.82, 2.24) is 5.32 Å². The van der Waals surface area contributed by atoms with Gasteiger partial charge < -0.3 is 15.0 Å². The third-order valence-corrected chi connectivity index (χ3v) is 6.13. The minimum Gasteiger partial charge on any atom is -0.497 e. The lowest BCUT2D eigenvalue weighted by atomic mass is 10.0. The average Bonchev–Trinajstić information content (AvgIpc) is 3.09. The van der Waals surface area contributed by atoms with E-state index in [0.717, 1.165) is 30.1 Å². The number of methoxy groups -OCH3 is 1. The number of hydrogen-bond acceptors (Lipinski definition) is 5. The minimum atomic E-state index is -0.109. The summed E-state index contributed by atoms with van der Waals surface area (Å²) in [6.07, 6.45) is 5.80. The summed E-state index contributed by atoms with van der Waals surface area (Å²) in [6, 6.07) is 13.9. The number of amides is 1. The van der Waals surface area contributed by atoms with Crippen LogP contribution in [0, 0.1) is 6.92 Å². The van der Waals surface area contributed by atoms with Crippen LogP contribution in [0.5, 0.6) is 5.75 Å². The number of aliphatic imine (C=N–C) groups is 1. The molecule has 6 heteroatoms. The molecule has 2 aliphatic rings. The maximum Gasteiger partial charge on any atom is 0.264 e. The van der Waals surface area contributed by atoms with E-state index >= 15 is 0 Å². The molecule has 2 fully saturated rings. The monoisotopic (exact) mass is 407 g/mol. The highest BCUT2D eigenvalue weighted by atomic mass is 32.2. The quantitative estimate of drug-likeness (QED) is 0.734. The summed E-state index contributed by atoms with van der Waals surface area (Å²) in [5, 5.41) is 3.44. The second-order valence-electron chi connectivity index (χ2n) is 7.27. The summed E-state index contributed by atoms with van der Waals surface area (Å²) >= 11 is 1.37. The van der Waals surface area contributed by atoms with E-state index < -0.39 is 0 Å². The minimum absolute atomic E-state index is 0.109. The van der Waals surface area contributed by atoms with Gasteiger partial charge >= 0.3 is 0 Å². The molecule has 150 valence electrons. The van der Waals surface area contributed by atoms with Gasteiger partial charge in [0, 0.05) is 18.8 Å². The molecular weight excluding hydrogens is 382 g/mol. The Morgan fingerprint density at radius 1 is 1.10 bits per heavy atom. The fraction of sp³-hybridized carbons (Fsp3) is 0.304. The summed E-state index contributed by atoms with van der Waals surface area (Å²) in [4.78, 5) is 20.0. The van der Waals surface area contributed by atoms with E-state index in [0.29, 0.717) is 10.1 Å². The number of amidine groups is 1. The Kier molecular flexibility index (Phi) is 5.90. The molecule has 2 aromatic carbocycles. The van der Waals surface area contributed by atoms with Crippen molar-refractivity contribution in [2.45, 2.75) is 26.2 Å². The first-order valence-corrected chi connectivity index (χ1v) is 10.7. The number of nitrogens with one attached hydrogen (secondary N) is 1. The lowest BCUT2D eigenvalue weighted by molar-refractivity contribution is -0.115. The van der Waals surface area contributed by atoms with E-state index in [1.807, 2.05) is 30.3 Å². The van der Waals surface area contributed by atoms with Crippen LogP contribution < -0.4 is 15.0 Å². The van der Waals surface area contributed by atoms with Crippen LogP contribution >= 0.6 is 11.8 Å². The highest BCUT2D eigenvalue weighted by Crippen LogP contribution is 2.30. The molecule has 2 aliphatic heterocycles. The molecule has 0 saturated carbocycles. The predicted molar refractivity (Wildman–Crippen MR) is 121 cm³/mol. The second-order valence-corrected chi connectivity index (χ2v) is 8.30. The van der Waals surface area contributed by atoms with Crippen molar-refractivity contribution in [3.05, 3.63) is 58.5 Å². The zero-order valence-corrected chi connectivity index (χ0v) is 17.6. The first kappa shape index (κ1) is 19.6. The Hall–Kier alpha value is -2.73. The smallest absolute Gasteiger partial charge is 0.264 e. The van der Waals surface area contributed by atoms with Crippen LogP contribution in [0.25, 0.3) is 6.08 Å². The van der Waals surface area contributed by atoms with E-state index in [4.69, 9.17) is 4.74 Å². The molecule has 5 nitrogen and oxygen atoms in total. The zero-order chi connectivity index (χ0) is 20.2. The number of piperidine rings is 1. The molecule has 0 unspecified atom stereocenters. The van der Waals surface area contributed by atoms with Gasteiger partial charge in [0.1, 0.15) is 5.75 Å². The largest absolute Gasteiger partial charge is 0.497 e. The topological polar surface area (TPSA) is 53.9 Å². The lowest BCUT2D eigenvalue weighted by Gasteiger charge is -2.29. The first-order valence-electron chi connectivity index (χ1n) is 9.91. The van der Waals surface area contributed by atoms with Crippen molar-refractivity contribution < 1.29 is 9.53 Å². The highest BCUT2D eigenvalue weighted by molar-refractivity contribution is 8.18. The van der Waals surface area contributed by atoms with Crippen LogP contribution in [0.2, 0.25) is 0 Å². The molecule has 0 spiro atoms. The van der Waals surface area contributed by atoms with Gasteiger partial charge in [-0.2, -0.15) is 0 Å². The molecule has 0 aromatic heterocycles. The fourth-order valence-corrected chi connectivity index (χ4v) is 4.40. The standard InChI is InChI=1S/C23H25N3O2S/c1-16-14-19(26-12-4-3-5-13-26)9-6-17(16)15-21-22(27)25-23(29-21)24-18-7-10-20(28-2)11-8-18/h6-11,14-15H,3-5,12-13H2,1-2H3,(H,24,25,27)/b21-15+. The summed E-state index contributed by atoms with van der Waals surface area (Å²) in [6.45, 7) is 4.36. The van der Waals surface area contributed by atoms with Crippen LogP contribution in [0.4, 0.5) is 11.4 Å². The molecule has 2 saturated heterocycles. The molecule has 2 aromatic rings. The van der Waals surface area contributed by atoms with Gasteiger partial charge in [-0.3, -0.25) is 4.79 Å². The van der Waals surface area contributed by atoms with E-state index in [1.54, 1.807) is 7.11 Å². The van der Waals surface area contributed by atoms with Gasteiger partial charge in [0.25, 0.3) is 5.91 Å². The van der Waals surface area contributed by atoms with Crippen LogP contribution in [-0.2, 0) is 4.79 Å². The third-order valence-electron chi connectivity index (χ3n) is 5.22. The fourth-order valence-electron chi connectivity index (χ4n) is 3.57. The zero-order valence-electron chi connectivity index (χ0n) is 16.8. The molecule has 0 bridgehead atoms. The van der Waals surface area contributed by atoms with Crippen LogP contribution in [-0.4, -0.2) is 31.3 Å². The van der Waals surface area contributed by atoms with E-state index in [2.05, 4.69) is 40.3 Å². The number of thioether (sulfide) groups is 1. The number of benzene rings is 2. The molecule has 29 heavy (non-hydrogen) atoms. The molecule has 0 radical (unpaired) electrons. The van der Waals surface area contributed by atoms with Gasteiger partial charge in [-0.15, -0.1) is 0 Å². The number of ether oxygens (including phenoxy) is 1. The Bertz CT molecular complexity index is 961. The van der Waals surface area contributed by atoms with Gasteiger partial charge in [0.15, 0.2) is 5.17 Å². The first-order chi connectivity index (χ1) is 14.1. The molecule has 0 atom stereocenters. The highest BCUT2D eigenvalue weighted by Gasteiger charge is 2.24. The van der Waals surface area contributed by atoms with Gasteiger partial charge in [-0.25, -0.2) is 4.99 Å². The number of rotatable bonds is 4. The van der Waals surface area contributed by atoms with Crippen molar-refractivity contribution >= 4 is 40.3 Å². The summed E-state index contributed by atoms with van der Waals surface area (Å²) in [7, 11) is 1.63. The predicted octanol–water partition coefficient (Wildman–Crippen LogP) is 4.89. The molecule has 1 amide bonds. The van der Waals surface area contributed by atoms with Gasteiger partial charge in [0.2, 0.25) is 0 Å². The van der Waals surface area contributed by atoms with Crippen molar-refractivity contribution in [1.29, 1.82) is 0 Å². The molecule has 0 aliphatic carbocycles. The number of aryl methyl sites for hydroxylation is 1. The Morgan fingerprint density at radius 3 is 2.55 bits per heavy atom. The summed E-state index contributed by atoms with van der Waals surface area (Å²) in [5.41, 5.74) is 4.29. The second kappa shape index (κ2) is 8.74. The number of anilines is 1. The van der Waals surface area contributed by atoms with Gasteiger partial charge in [0.05, 0.1) is 17.7 Å². The maximum absolute atomic E-state index is 12.4. The third kappa shape index (κ3) is 4.65. The van der Waals surface area contributed by atoms with Crippen LogP contribution in [0.3, 0.4) is 0 Å². The Morgan fingerprint density at radius 2 is 1.86 bits per heavy atom. The molecule has 4 rings (SSSR count). The van der Waals surface area contributed by atoms with Crippen molar-refractivity contribution in [2.24, 2.45) is 4.99 Å².